The highest BCUT2D eigenvalue weighted by atomic mass is 16.3. The van der Waals surface area contributed by atoms with Crippen molar-refractivity contribution in [3.63, 3.8) is 0 Å². The van der Waals surface area contributed by atoms with Crippen LogP contribution in [0.15, 0.2) is 24.3 Å². The Morgan fingerprint density at radius 2 is 2.35 bits per heavy atom. The monoisotopic (exact) mass is 233 g/mol. The van der Waals surface area contributed by atoms with E-state index in [4.69, 9.17) is 0 Å². The molecule has 1 aromatic carbocycles. The molecule has 1 fully saturated rings. The quantitative estimate of drug-likeness (QED) is 0.836. The topological polar surface area (TPSA) is 32.3 Å². The van der Waals surface area contributed by atoms with Crippen LogP contribution in [0.2, 0.25) is 0 Å². The summed E-state index contributed by atoms with van der Waals surface area (Å²) in [5, 5.41) is 13.5. The fourth-order valence-corrected chi connectivity index (χ4v) is 2.63. The minimum absolute atomic E-state index is 0.150. The smallest absolute Gasteiger partial charge is 0.0583 e. The van der Waals surface area contributed by atoms with Crippen LogP contribution >= 0.6 is 0 Å². The van der Waals surface area contributed by atoms with Crippen LogP contribution in [-0.2, 0) is 6.42 Å². The van der Waals surface area contributed by atoms with Crippen molar-refractivity contribution in [2.45, 2.75) is 38.7 Å². The van der Waals surface area contributed by atoms with E-state index in [1.165, 1.54) is 24.0 Å². The first-order chi connectivity index (χ1) is 8.25. The lowest BCUT2D eigenvalue weighted by Gasteiger charge is -2.27. The van der Waals surface area contributed by atoms with Crippen molar-refractivity contribution in [2.24, 2.45) is 5.92 Å². The van der Waals surface area contributed by atoms with E-state index in [1.54, 1.807) is 0 Å². The van der Waals surface area contributed by atoms with Gasteiger partial charge >= 0.3 is 0 Å². The molecule has 0 amide bonds. The Hall–Kier alpha value is -0.860. The van der Waals surface area contributed by atoms with Crippen LogP contribution in [0.1, 0.15) is 30.4 Å². The van der Waals surface area contributed by atoms with E-state index >= 15 is 0 Å². The maximum atomic E-state index is 10.2. The molecule has 1 aliphatic rings. The highest BCUT2D eigenvalue weighted by molar-refractivity contribution is 5.22. The zero-order valence-corrected chi connectivity index (χ0v) is 10.7. The molecule has 0 aliphatic carbocycles. The van der Waals surface area contributed by atoms with Crippen molar-refractivity contribution in [1.29, 1.82) is 0 Å². The Kier molecular flexibility index (Phi) is 4.57. The van der Waals surface area contributed by atoms with Crippen molar-refractivity contribution in [2.75, 3.05) is 13.1 Å². The van der Waals surface area contributed by atoms with Gasteiger partial charge in [-0.05, 0) is 50.6 Å². The second-order valence-electron chi connectivity index (χ2n) is 5.20. The van der Waals surface area contributed by atoms with Crippen molar-refractivity contribution in [3.05, 3.63) is 35.4 Å². The molecule has 0 saturated carbocycles. The van der Waals surface area contributed by atoms with Gasteiger partial charge in [0.15, 0.2) is 0 Å². The molecule has 0 spiro atoms. The summed E-state index contributed by atoms with van der Waals surface area (Å²) in [6.07, 6.45) is 4.09. The Labute approximate surface area is 104 Å². The minimum atomic E-state index is -0.150. The predicted octanol–water partition coefficient (Wildman–Crippen LogP) is 2.29. The van der Waals surface area contributed by atoms with Gasteiger partial charge in [0.25, 0.3) is 0 Å². The summed E-state index contributed by atoms with van der Waals surface area (Å²) in [5.41, 5.74) is 2.64. The first-order valence-electron chi connectivity index (χ1n) is 6.70. The van der Waals surface area contributed by atoms with Crippen LogP contribution in [-0.4, -0.2) is 24.3 Å². The summed E-state index contributed by atoms with van der Waals surface area (Å²) in [6.45, 7) is 4.21. The molecular formula is C15H23NO. The lowest BCUT2D eigenvalue weighted by atomic mass is 9.90. The SMILES string of the molecule is Cc1cccc(CCC(O)C2CCCNC2)c1. The van der Waals surface area contributed by atoms with Crippen molar-refractivity contribution in [1.82, 2.24) is 5.32 Å². The van der Waals surface area contributed by atoms with Gasteiger partial charge in [0.2, 0.25) is 0 Å². The number of hydrogen-bond donors (Lipinski definition) is 2. The number of aryl methyl sites for hydroxylation is 2. The third kappa shape index (κ3) is 3.83. The van der Waals surface area contributed by atoms with Crippen molar-refractivity contribution >= 4 is 0 Å². The number of nitrogens with one attached hydrogen (secondary N) is 1. The third-order valence-corrected chi connectivity index (χ3v) is 3.69. The average molecular weight is 233 g/mol. The second-order valence-corrected chi connectivity index (χ2v) is 5.20. The Bertz CT molecular complexity index is 345. The third-order valence-electron chi connectivity index (χ3n) is 3.69. The van der Waals surface area contributed by atoms with E-state index < -0.39 is 0 Å². The lowest BCUT2D eigenvalue weighted by molar-refractivity contribution is 0.0844. The summed E-state index contributed by atoms with van der Waals surface area (Å²) in [4.78, 5) is 0. The fourth-order valence-electron chi connectivity index (χ4n) is 2.63. The first-order valence-corrected chi connectivity index (χ1v) is 6.70. The van der Waals surface area contributed by atoms with E-state index in [9.17, 15) is 5.11 Å². The molecule has 0 bridgehead atoms. The molecule has 94 valence electrons. The molecule has 0 radical (unpaired) electrons. The number of piperidine rings is 1. The zero-order valence-electron chi connectivity index (χ0n) is 10.7. The Morgan fingerprint density at radius 3 is 3.06 bits per heavy atom. The molecule has 2 heteroatoms. The van der Waals surface area contributed by atoms with Crippen LogP contribution < -0.4 is 5.32 Å². The van der Waals surface area contributed by atoms with Gasteiger partial charge in [-0.3, -0.25) is 0 Å². The van der Waals surface area contributed by atoms with Gasteiger partial charge in [-0.15, -0.1) is 0 Å². The van der Waals surface area contributed by atoms with Crippen LogP contribution in [0.4, 0.5) is 0 Å². The van der Waals surface area contributed by atoms with E-state index in [0.29, 0.717) is 5.92 Å². The van der Waals surface area contributed by atoms with Gasteiger partial charge in [0.05, 0.1) is 6.10 Å². The van der Waals surface area contributed by atoms with Crippen LogP contribution in [0, 0.1) is 12.8 Å². The largest absolute Gasteiger partial charge is 0.393 e. The van der Waals surface area contributed by atoms with E-state index in [-0.39, 0.29) is 6.10 Å². The van der Waals surface area contributed by atoms with Crippen molar-refractivity contribution in [3.8, 4) is 0 Å². The molecule has 2 nitrogen and oxygen atoms in total. The first kappa shape index (κ1) is 12.6. The molecule has 0 aromatic heterocycles. The molecule has 17 heavy (non-hydrogen) atoms. The molecule has 1 heterocycles. The van der Waals surface area contributed by atoms with Crippen molar-refractivity contribution < 1.29 is 5.11 Å². The normalized spacial score (nSPS) is 22.4. The molecule has 2 N–H and O–H groups in total. The van der Waals surface area contributed by atoms with Crippen LogP contribution in [0.25, 0.3) is 0 Å². The van der Waals surface area contributed by atoms with Gasteiger partial charge in [0.1, 0.15) is 0 Å². The minimum Gasteiger partial charge on any atom is -0.393 e. The van der Waals surface area contributed by atoms with Gasteiger partial charge in [-0.25, -0.2) is 0 Å². The molecule has 2 unspecified atom stereocenters. The predicted molar refractivity (Wildman–Crippen MR) is 71.1 cm³/mol. The van der Waals surface area contributed by atoms with Crippen LogP contribution in [0.3, 0.4) is 0 Å². The van der Waals surface area contributed by atoms with E-state index in [2.05, 4.69) is 36.5 Å². The van der Waals surface area contributed by atoms with E-state index in [1.807, 2.05) is 0 Å². The Balaban J connectivity index is 1.80. The summed E-state index contributed by atoms with van der Waals surface area (Å²) in [5.74, 6) is 0.452. The fraction of sp³-hybridized carbons (Fsp3) is 0.600. The number of rotatable bonds is 4. The highest BCUT2D eigenvalue weighted by Gasteiger charge is 2.20. The Morgan fingerprint density at radius 1 is 1.47 bits per heavy atom. The maximum absolute atomic E-state index is 10.2. The van der Waals surface area contributed by atoms with E-state index in [0.717, 1.165) is 25.9 Å². The molecular weight excluding hydrogens is 210 g/mol. The summed E-state index contributed by atoms with van der Waals surface area (Å²) >= 11 is 0. The maximum Gasteiger partial charge on any atom is 0.0583 e. The molecule has 1 saturated heterocycles. The lowest BCUT2D eigenvalue weighted by Crippen LogP contribution is -2.36. The number of aliphatic hydroxyl groups is 1. The second kappa shape index (κ2) is 6.18. The molecule has 2 rings (SSSR count). The summed E-state index contributed by atoms with van der Waals surface area (Å²) in [7, 11) is 0. The highest BCUT2D eigenvalue weighted by Crippen LogP contribution is 2.18. The molecule has 2 atom stereocenters. The van der Waals surface area contributed by atoms with Crippen LogP contribution in [0.5, 0.6) is 0 Å². The standard InChI is InChI=1S/C15H23NO/c1-12-4-2-5-13(10-12)7-8-15(17)14-6-3-9-16-11-14/h2,4-5,10,14-17H,3,6-9,11H2,1H3. The van der Waals surface area contributed by atoms with Gasteiger partial charge in [0, 0.05) is 6.54 Å². The summed E-state index contributed by atoms with van der Waals surface area (Å²) in [6, 6.07) is 8.58. The number of hydrogen-bond acceptors (Lipinski definition) is 2. The number of benzene rings is 1. The van der Waals surface area contributed by atoms with Gasteiger partial charge < -0.3 is 10.4 Å². The number of aliphatic hydroxyl groups excluding tert-OH is 1. The zero-order chi connectivity index (χ0) is 12.1. The van der Waals surface area contributed by atoms with Gasteiger partial charge in [-0.1, -0.05) is 29.8 Å². The molecule has 1 aromatic rings. The average Bonchev–Trinajstić information content (AvgIpc) is 2.37. The summed E-state index contributed by atoms with van der Waals surface area (Å²) < 4.78 is 0. The molecule has 1 aliphatic heterocycles. The van der Waals surface area contributed by atoms with Gasteiger partial charge in [-0.2, -0.15) is 0 Å².